The SMILES string of the molecule is O=S(=O)(Nc1nc(-c2cccs2)cs1)c1cccc(C(F)(F)F)c1. The van der Waals surface area contributed by atoms with E-state index in [0.717, 1.165) is 34.4 Å². The largest absolute Gasteiger partial charge is 0.416 e. The van der Waals surface area contributed by atoms with Crippen LogP contribution in [0.15, 0.2) is 52.1 Å². The normalized spacial score (nSPS) is 12.3. The summed E-state index contributed by atoms with van der Waals surface area (Å²) in [6, 6.07) is 7.24. The molecule has 0 unspecified atom stereocenters. The van der Waals surface area contributed by atoms with Crippen LogP contribution < -0.4 is 4.72 Å². The number of sulfonamides is 1. The van der Waals surface area contributed by atoms with Gasteiger partial charge in [0.05, 0.1) is 21.0 Å². The summed E-state index contributed by atoms with van der Waals surface area (Å²) in [5, 5.41) is 3.63. The molecule has 2 heterocycles. The predicted molar refractivity (Wildman–Crippen MR) is 87.7 cm³/mol. The van der Waals surface area contributed by atoms with Crippen LogP contribution in [0.3, 0.4) is 0 Å². The van der Waals surface area contributed by atoms with Gasteiger partial charge in [0.2, 0.25) is 0 Å². The summed E-state index contributed by atoms with van der Waals surface area (Å²) in [5.41, 5.74) is -0.416. The minimum absolute atomic E-state index is 0.0933. The molecule has 3 rings (SSSR count). The van der Waals surface area contributed by atoms with E-state index in [-0.39, 0.29) is 5.13 Å². The molecule has 126 valence electrons. The van der Waals surface area contributed by atoms with E-state index in [0.29, 0.717) is 11.8 Å². The first-order valence-corrected chi connectivity index (χ1v) is 9.69. The maximum absolute atomic E-state index is 12.7. The van der Waals surface area contributed by atoms with E-state index < -0.39 is 26.7 Å². The molecular weight excluding hydrogens is 381 g/mol. The molecule has 4 nitrogen and oxygen atoms in total. The number of rotatable bonds is 4. The van der Waals surface area contributed by atoms with Crippen molar-refractivity contribution in [2.75, 3.05) is 4.72 Å². The lowest BCUT2D eigenvalue weighted by atomic mass is 10.2. The Bertz CT molecular complexity index is 948. The molecular formula is C14H9F3N2O2S3. The van der Waals surface area contributed by atoms with Crippen molar-refractivity contribution in [3.8, 4) is 10.6 Å². The van der Waals surface area contributed by atoms with Crippen LogP contribution in [0.4, 0.5) is 18.3 Å². The number of aromatic nitrogens is 1. The smallest absolute Gasteiger partial charge is 0.255 e. The highest BCUT2D eigenvalue weighted by Gasteiger charge is 2.31. The quantitative estimate of drug-likeness (QED) is 0.703. The number of benzene rings is 1. The number of thiazole rings is 1. The van der Waals surface area contributed by atoms with E-state index in [4.69, 9.17) is 0 Å². The van der Waals surface area contributed by atoms with Gasteiger partial charge in [0.1, 0.15) is 0 Å². The van der Waals surface area contributed by atoms with Crippen LogP contribution in [0.2, 0.25) is 0 Å². The highest BCUT2D eigenvalue weighted by molar-refractivity contribution is 7.93. The fourth-order valence-electron chi connectivity index (χ4n) is 1.87. The third-order valence-corrected chi connectivity index (χ3v) is 6.09. The maximum atomic E-state index is 12.7. The summed E-state index contributed by atoms with van der Waals surface area (Å²) >= 11 is 2.51. The molecule has 0 bridgehead atoms. The highest BCUT2D eigenvalue weighted by atomic mass is 32.2. The van der Waals surface area contributed by atoms with E-state index in [1.165, 1.54) is 11.3 Å². The molecule has 2 aromatic heterocycles. The van der Waals surface area contributed by atoms with Crippen molar-refractivity contribution in [3.05, 3.63) is 52.7 Å². The van der Waals surface area contributed by atoms with Gasteiger partial charge in [-0.15, -0.1) is 22.7 Å². The topological polar surface area (TPSA) is 59.1 Å². The summed E-state index contributed by atoms with van der Waals surface area (Å²) in [5.74, 6) is 0. The number of halogens is 3. The van der Waals surface area contributed by atoms with Crippen LogP contribution in [0.1, 0.15) is 5.56 Å². The standard InChI is InChI=1S/C14H9F3N2O2S3/c15-14(16,17)9-3-1-4-10(7-9)24(20,21)19-13-18-11(8-23-13)12-5-2-6-22-12/h1-8H,(H,18,19). The summed E-state index contributed by atoms with van der Waals surface area (Å²) in [6.07, 6.45) is -4.61. The first-order valence-electron chi connectivity index (χ1n) is 6.45. The molecule has 10 heteroatoms. The average Bonchev–Trinajstić information content (AvgIpc) is 3.17. The summed E-state index contributed by atoms with van der Waals surface area (Å²) in [7, 11) is -4.15. The number of nitrogens with zero attached hydrogens (tertiary/aromatic N) is 1. The van der Waals surface area contributed by atoms with E-state index >= 15 is 0 Å². The second-order valence-electron chi connectivity index (χ2n) is 4.65. The van der Waals surface area contributed by atoms with Gasteiger partial charge < -0.3 is 0 Å². The van der Waals surface area contributed by atoms with Crippen molar-refractivity contribution >= 4 is 37.8 Å². The number of anilines is 1. The Hall–Kier alpha value is -1.91. The van der Waals surface area contributed by atoms with Crippen LogP contribution in [0.5, 0.6) is 0 Å². The molecule has 1 aromatic carbocycles. The first kappa shape index (κ1) is 16.9. The molecule has 0 aliphatic carbocycles. The van der Waals surface area contributed by atoms with Crippen LogP contribution in [0, 0.1) is 0 Å². The van der Waals surface area contributed by atoms with Gasteiger partial charge in [0.25, 0.3) is 10.0 Å². The van der Waals surface area contributed by atoms with Gasteiger partial charge in [0.15, 0.2) is 5.13 Å². The molecule has 0 aliphatic rings. The predicted octanol–water partition coefficient (Wildman–Crippen LogP) is 4.69. The number of alkyl halides is 3. The fourth-order valence-corrected chi connectivity index (χ4v) is 4.64. The second-order valence-corrected chi connectivity index (χ2v) is 8.13. The second kappa shape index (κ2) is 6.19. The molecule has 0 fully saturated rings. The molecule has 1 N–H and O–H groups in total. The van der Waals surface area contributed by atoms with Gasteiger partial charge >= 0.3 is 6.18 Å². The van der Waals surface area contributed by atoms with E-state index in [1.807, 2.05) is 17.5 Å². The van der Waals surface area contributed by atoms with Gasteiger partial charge in [-0.2, -0.15) is 13.2 Å². The Balaban J connectivity index is 1.87. The van der Waals surface area contributed by atoms with Crippen molar-refractivity contribution in [2.24, 2.45) is 0 Å². The van der Waals surface area contributed by atoms with Crippen LogP contribution in [0.25, 0.3) is 10.6 Å². The fraction of sp³-hybridized carbons (Fsp3) is 0.0714. The Labute approximate surface area is 143 Å². The molecule has 0 saturated heterocycles. The number of thiophene rings is 1. The monoisotopic (exact) mass is 390 g/mol. The average molecular weight is 390 g/mol. The van der Waals surface area contributed by atoms with E-state index in [1.54, 1.807) is 5.38 Å². The lowest BCUT2D eigenvalue weighted by Gasteiger charge is -2.09. The van der Waals surface area contributed by atoms with Crippen molar-refractivity contribution in [2.45, 2.75) is 11.1 Å². The van der Waals surface area contributed by atoms with Crippen LogP contribution >= 0.6 is 22.7 Å². The van der Waals surface area contributed by atoms with Crippen molar-refractivity contribution in [1.82, 2.24) is 4.98 Å². The molecule has 0 atom stereocenters. The summed E-state index contributed by atoms with van der Waals surface area (Å²) in [6.45, 7) is 0. The van der Waals surface area contributed by atoms with Gasteiger partial charge in [-0.3, -0.25) is 4.72 Å². The number of nitrogens with one attached hydrogen (secondary N) is 1. The molecule has 0 saturated carbocycles. The minimum atomic E-state index is -4.61. The van der Waals surface area contributed by atoms with Gasteiger partial charge in [-0.05, 0) is 29.6 Å². The van der Waals surface area contributed by atoms with Crippen LogP contribution in [-0.4, -0.2) is 13.4 Å². The minimum Gasteiger partial charge on any atom is -0.255 e. The zero-order valence-corrected chi connectivity index (χ0v) is 14.2. The summed E-state index contributed by atoms with van der Waals surface area (Å²) in [4.78, 5) is 4.55. The Morgan fingerprint density at radius 1 is 1.08 bits per heavy atom. The molecule has 0 radical (unpaired) electrons. The molecule has 3 aromatic rings. The molecule has 0 spiro atoms. The van der Waals surface area contributed by atoms with Crippen molar-refractivity contribution in [1.29, 1.82) is 0 Å². The van der Waals surface area contributed by atoms with Crippen molar-refractivity contribution < 1.29 is 21.6 Å². The van der Waals surface area contributed by atoms with Gasteiger partial charge in [-0.25, -0.2) is 13.4 Å². The number of hydrogen-bond acceptors (Lipinski definition) is 5. The number of hydrogen-bond donors (Lipinski definition) is 1. The zero-order valence-electron chi connectivity index (χ0n) is 11.7. The lowest BCUT2D eigenvalue weighted by Crippen LogP contribution is -2.14. The van der Waals surface area contributed by atoms with E-state index in [9.17, 15) is 21.6 Å². The Morgan fingerprint density at radius 2 is 1.88 bits per heavy atom. The van der Waals surface area contributed by atoms with Gasteiger partial charge in [-0.1, -0.05) is 12.1 Å². The Morgan fingerprint density at radius 3 is 2.54 bits per heavy atom. The lowest BCUT2D eigenvalue weighted by molar-refractivity contribution is -0.137. The molecule has 0 aliphatic heterocycles. The zero-order chi connectivity index (χ0) is 17.4. The first-order chi connectivity index (χ1) is 11.3. The molecule has 24 heavy (non-hydrogen) atoms. The van der Waals surface area contributed by atoms with Crippen LogP contribution in [-0.2, 0) is 16.2 Å². The van der Waals surface area contributed by atoms with Gasteiger partial charge in [0, 0.05) is 5.38 Å². The molecule has 0 amide bonds. The van der Waals surface area contributed by atoms with Crippen molar-refractivity contribution in [3.63, 3.8) is 0 Å². The highest BCUT2D eigenvalue weighted by Crippen LogP contribution is 2.32. The Kier molecular flexibility index (Phi) is 4.37. The summed E-state index contributed by atoms with van der Waals surface area (Å²) < 4.78 is 64.9. The van der Waals surface area contributed by atoms with E-state index in [2.05, 4.69) is 9.71 Å². The maximum Gasteiger partial charge on any atom is 0.416 e. The third-order valence-electron chi connectivity index (χ3n) is 2.97. The third kappa shape index (κ3) is 3.60.